The van der Waals surface area contributed by atoms with E-state index in [1.54, 1.807) is 36.4 Å². The van der Waals surface area contributed by atoms with Gasteiger partial charge in [-0.15, -0.1) is 0 Å². The maximum absolute atomic E-state index is 12.6. The van der Waals surface area contributed by atoms with Crippen LogP contribution >= 0.6 is 0 Å². The van der Waals surface area contributed by atoms with Crippen molar-refractivity contribution in [2.24, 2.45) is 11.8 Å². The molecule has 162 valence electrons. The molecule has 7 nitrogen and oxygen atoms in total. The van der Waals surface area contributed by atoms with Crippen LogP contribution < -0.4 is 9.47 Å². The number of phenolic OH excluding ortho intramolecular Hbond substituents is 2. The molecule has 0 radical (unpaired) electrons. The Balaban J connectivity index is 1.90. The molecule has 0 aromatic heterocycles. The van der Waals surface area contributed by atoms with E-state index in [0.29, 0.717) is 24.5 Å². The number of cyclic esters (lactones) is 1. The van der Waals surface area contributed by atoms with Crippen molar-refractivity contribution in [2.75, 3.05) is 27.4 Å². The van der Waals surface area contributed by atoms with E-state index >= 15 is 0 Å². The Morgan fingerprint density at radius 3 is 2.40 bits per heavy atom. The van der Waals surface area contributed by atoms with Crippen LogP contribution in [-0.4, -0.2) is 43.6 Å². The lowest BCUT2D eigenvalue weighted by Gasteiger charge is -2.27. The summed E-state index contributed by atoms with van der Waals surface area (Å²) in [6.07, 6.45) is 0.865. The zero-order valence-electron chi connectivity index (χ0n) is 17.5. The number of carbonyl (C=O) groups excluding carboxylic acids is 1. The van der Waals surface area contributed by atoms with Gasteiger partial charge in [0.15, 0.2) is 23.0 Å². The minimum Gasteiger partial charge on any atom is -0.504 e. The van der Waals surface area contributed by atoms with Gasteiger partial charge >= 0.3 is 5.97 Å². The van der Waals surface area contributed by atoms with Gasteiger partial charge in [-0.05, 0) is 48.2 Å². The summed E-state index contributed by atoms with van der Waals surface area (Å²) in [5.41, 5.74) is 1.67. The summed E-state index contributed by atoms with van der Waals surface area (Å²) < 4.78 is 22.0. The van der Waals surface area contributed by atoms with Crippen LogP contribution in [0.5, 0.6) is 23.0 Å². The zero-order valence-corrected chi connectivity index (χ0v) is 17.5. The number of methoxy groups -OCH3 is 2. The first-order valence-electron chi connectivity index (χ1n) is 9.99. The Morgan fingerprint density at radius 1 is 1.07 bits per heavy atom. The normalized spacial score (nSPS) is 19.4. The van der Waals surface area contributed by atoms with Gasteiger partial charge in [0.05, 0.1) is 32.8 Å². The zero-order chi connectivity index (χ0) is 21.7. The lowest BCUT2D eigenvalue weighted by molar-refractivity contribution is -0.141. The van der Waals surface area contributed by atoms with Crippen LogP contribution in [0.15, 0.2) is 36.4 Å². The van der Waals surface area contributed by atoms with Crippen LogP contribution in [0.4, 0.5) is 0 Å². The van der Waals surface area contributed by atoms with Crippen molar-refractivity contribution in [1.29, 1.82) is 0 Å². The van der Waals surface area contributed by atoms with Crippen LogP contribution in [0.1, 0.15) is 30.6 Å². The third-order valence-corrected chi connectivity index (χ3v) is 5.36. The lowest BCUT2D eigenvalue weighted by atomic mass is 9.82. The predicted molar refractivity (Wildman–Crippen MR) is 110 cm³/mol. The third-order valence-electron chi connectivity index (χ3n) is 5.36. The molecule has 0 spiro atoms. The maximum atomic E-state index is 12.6. The molecule has 2 N–H and O–H groups in total. The molecule has 0 bridgehead atoms. The standard InChI is InChI=1S/C23H28O7/c1-4-9-29-22(15-6-8-19(25)21(12-15)28-3)17-13-30-23(26)16(17)10-14-5-7-18(24)20(11-14)27-2/h5-8,11-12,16-17,22,24-25H,4,9-10,13H2,1-3H3/t16-,17+,22+/m1/s1. The first-order valence-corrected chi connectivity index (χ1v) is 9.99. The second kappa shape index (κ2) is 9.71. The van der Waals surface area contributed by atoms with Crippen molar-refractivity contribution in [3.05, 3.63) is 47.5 Å². The molecule has 3 atom stereocenters. The van der Waals surface area contributed by atoms with E-state index in [4.69, 9.17) is 18.9 Å². The van der Waals surface area contributed by atoms with Gasteiger partial charge in [0.25, 0.3) is 0 Å². The topological polar surface area (TPSA) is 94.5 Å². The molecule has 0 saturated carbocycles. The molecule has 1 heterocycles. The molecule has 1 aliphatic heterocycles. The van der Waals surface area contributed by atoms with E-state index in [2.05, 4.69) is 0 Å². The van der Waals surface area contributed by atoms with Gasteiger partial charge < -0.3 is 29.2 Å². The molecular formula is C23H28O7. The Labute approximate surface area is 176 Å². The number of hydrogen-bond acceptors (Lipinski definition) is 7. The van der Waals surface area contributed by atoms with E-state index in [1.807, 2.05) is 6.92 Å². The number of benzene rings is 2. The maximum Gasteiger partial charge on any atom is 0.309 e. The van der Waals surface area contributed by atoms with Gasteiger partial charge in [0.2, 0.25) is 0 Å². The second-order valence-corrected chi connectivity index (χ2v) is 7.33. The molecule has 30 heavy (non-hydrogen) atoms. The average molecular weight is 416 g/mol. The third kappa shape index (κ3) is 4.62. The van der Waals surface area contributed by atoms with Gasteiger partial charge in [-0.1, -0.05) is 19.1 Å². The van der Waals surface area contributed by atoms with Crippen molar-refractivity contribution >= 4 is 5.97 Å². The van der Waals surface area contributed by atoms with Crippen molar-refractivity contribution in [1.82, 2.24) is 0 Å². The molecule has 2 aromatic rings. The molecular weight excluding hydrogens is 388 g/mol. The highest BCUT2D eigenvalue weighted by atomic mass is 16.5. The summed E-state index contributed by atoms with van der Waals surface area (Å²) in [7, 11) is 2.97. The fourth-order valence-electron chi connectivity index (χ4n) is 3.80. The highest BCUT2D eigenvalue weighted by molar-refractivity contribution is 5.75. The summed E-state index contributed by atoms with van der Waals surface area (Å²) in [5, 5.41) is 19.8. The fourth-order valence-corrected chi connectivity index (χ4v) is 3.80. The van der Waals surface area contributed by atoms with Gasteiger partial charge in [0, 0.05) is 12.5 Å². The minimum atomic E-state index is -0.416. The second-order valence-electron chi connectivity index (χ2n) is 7.33. The van der Waals surface area contributed by atoms with E-state index < -0.39 is 12.0 Å². The molecule has 3 rings (SSSR count). The molecule has 7 heteroatoms. The van der Waals surface area contributed by atoms with Gasteiger partial charge in [-0.3, -0.25) is 4.79 Å². The van der Waals surface area contributed by atoms with Crippen molar-refractivity contribution in [2.45, 2.75) is 25.9 Å². The van der Waals surface area contributed by atoms with Crippen LogP contribution in [-0.2, 0) is 20.7 Å². The first-order chi connectivity index (χ1) is 14.5. The molecule has 2 aromatic carbocycles. The number of phenols is 2. The van der Waals surface area contributed by atoms with E-state index in [1.165, 1.54) is 14.2 Å². The van der Waals surface area contributed by atoms with Gasteiger partial charge in [-0.2, -0.15) is 0 Å². The minimum absolute atomic E-state index is 0.0435. The quantitative estimate of drug-likeness (QED) is 0.603. The largest absolute Gasteiger partial charge is 0.504 e. The molecule has 0 unspecified atom stereocenters. The Kier molecular flexibility index (Phi) is 7.05. The highest BCUT2D eigenvalue weighted by Gasteiger charge is 2.43. The predicted octanol–water partition coefficient (Wildman–Crippen LogP) is 3.61. The van der Waals surface area contributed by atoms with Crippen molar-refractivity contribution in [3.8, 4) is 23.0 Å². The number of hydrogen-bond donors (Lipinski definition) is 2. The van der Waals surface area contributed by atoms with Crippen LogP contribution in [0.3, 0.4) is 0 Å². The summed E-state index contributed by atoms with van der Waals surface area (Å²) in [5.74, 6) is -0.101. The molecule has 1 fully saturated rings. The molecule has 0 amide bonds. The van der Waals surface area contributed by atoms with E-state index in [0.717, 1.165) is 17.5 Å². The van der Waals surface area contributed by atoms with Gasteiger partial charge in [0.1, 0.15) is 0 Å². The highest BCUT2D eigenvalue weighted by Crippen LogP contribution is 2.41. The first kappa shape index (κ1) is 21.8. The summed E-state index contributed by atoms with van der Waals surface area (Å²) in [6.45, 7) is 2.79. The number of carbonyl (C=O) groups is 1. The lowest BCUT2D eigenvalue weighted by Crippen LogP contribution is -2.26. The number of rotatable bonds is 9. The fraction of sp³-hybridized carbons (Fsp3) is 0.435. The van der Waals surface area contributed by atoms with Crippen LogP contribution in [0, 0.1) is 11.8 Å². The Hall–Kier alpha value is -2.93. The summed E-state index contributed by atoms with van der Waals surface area (Å²) in [6, 6.07) is 10.1. The van der Waals surface area contributed by atoms with E-state index in [9.17, 15) is 15.0 Å². The molecule has 0 aliphatic carbocycles. The summed E-state index contributed by atoms with van der Waals surface area (Å²) >= 11 is 0. The number of aromatic hydroxyl groups is 2. The van der Waals surface area contributed by atoms with Crippen LogP contribution in [0.2, 0.25) is 0 Å². The van der Waals surface area contributed by atoms with Gasteiger partial charge in [-0.25, -0.2) is 0 Å². The molecule has 1 aliphatic rings. The monoisotopic (exact) mass is 416 g/mol. The SMILES string of the molecule is CCCO[C@@H](c1ccc(O)c(OC)c1)[C@H]1COC(=O)[C@@H]1Cc1ccc(O)c(OC)c1. The molecule has 1 saturated heterocycles. The Morgan fingerprint density at radius 2 is 1.73 bits per heavy atom. The summed E-state index contributed by atoms with van der Waals surface area (Å²) in [4.78, 5) is 12.6. The Bertz CT molecular complexity index is 880. The average Bonchev–Trinajstić information content (AvgIpc) is 3.10. The van der Waals surface area contributed by atoms with Crippen molar-refractivity contribution in [3.63, 3.8) is 0 Å². The number of esters is 1. The number of ether oxygens (including phenoxy) is 4. The van der Waals surface area contributed by atoms with Crippen LogP contribution in [0.25, 0.3) is 0 Å². The van der Waals surface area contributed by atoms with E-state index in [-0.39, 0.29) is 30.0 Å². The van der Waals surface area contributed by atoms with Crippen molar-refractivity contribution < 1.29 is 34.0 Å². The smallest absolute Gasteiger partial charge is 0.309 e.